The first kappa shape index (κ1) is 15.5. The normalized spacial score (nSPS) is 21.2. The molecular weight excluding hydrogens is 322 g/mol. The van der Waals surface area contributed by atoms with Gasteiger partial charge in [-0.05, 0) is 12.1 Å². The van der Waals surface area contributed by atoms with Gasteiger partial charge in [0.25, 0.3) is 5.91 Å². The van der Waals surface area contributed by atoms with E-state index in [4.69, 9.17) is 11.6 Å². The van der Waals surface area contributed by atoms with Gasteiger partial charge in [-0.15, -0.1) is 0 Å². The van der Waals surface area contributed by atoms with Crippen molar-refractivity contribution in [1.82, 2.24) is 20.5 Å². The molecule has 8 nitrogen and oxygen atoms in total. The molecular formula is C14H16ClN5O3. The van der Waals surface area contributed by atoms with Crippen LogP contribution in [0.5, 0.6) is 0 Å². The molecule has 0 aliphatic carbocycles. The zero-order chi connectivity index (χ0) is 16.4. The standard InChI is InChI=1S/C14H16ClN5O3/c15-9-1-2-11(16-8-9)19-3-5-20(6-4-19)12(21)7-10-13(22)18-14(23)17-10/h1-2,8,10H,3-7H2,(H2,17,18,22,23). The monoisotopic (exact) mass is 337 g/mol. The van der Waals surface area contributed by atoms with Crippen LogP contribution >= 0.6 is 11.6 Å². The van der Waals surface area contributed by atoms with Gasteiger partial charge in [-0.3, -0.25) is 14.9 Å². The number of hydrogen-bond donors (Lipinski definition) is 2. The first-order chi connectivity index (χ1) is 11.0. The van der Waals surface area contributed by atoms with Crippen molar-refractivity contribution >= 4 is 35.3 Å². The molecule has 0 spiro atoms. The molecule has 4 amide bonds. The summed E-state index contributed by atoms with van der Waals surface area (Å²) in [4.78, 5) is 42.8. The Kier molecular flexibility index (Phi) is 4.33. The second-order valence-corrected chi connectivity index (χ2v) is 5.86. The van der Waals surface area contributed by atoms with Crippen molar-refractivity contribution in [3.8, 4) is 0 Å². The van der Waals surface area contributed by atoms with E-state index in [1.54, 1.807) is 17.2 Å². The van der Waals surface area contributed by atoms with E-state index in [2.05, 4.69) is 20.5 Å². The Bertz CT molecular complexity index is 628. The number of rotatable bonds is 3. The van der Waals surface area contributed by atoms with Gasteiger partial charge < -0.3 is 15.1 Å². The van der Waals surface area contributed by atoms with Gasteiger partial charge in [0.1, 0.15) is 11.9 Å². The molecule has 2 saturated heterocycles. The number of piperazine rings is 1. The summed E-state index contributed by atoms with van der Waals surface area (Å²) in [6, 6.07) is 2.30. The highest BCUT2D eigenvalue weighted by atomic mass is 35.5. The molecule has 122 valence electrons. The van der Waals surface area contributed by atoms with Crippen LogP contribution in [0.3, 0.4) is 0 Å². The molecule has 2 fully saturated rings. The van der Waals surface area contributed by atoms with E-state index in [9.17, 15) is 14.4 Å². The fourth-order valence-corrected chi connectivity index (χ4v) is 2.76. The number of nitrogens with zero attached hydrogens (tertiary/aromatic N) is 3. The number of pyridine rings is 1. The van der Waals surface area contributed by atoms with E-state index in [0.29, 0.717) is 31.2 Å². The molecule has 9 heteroatoms. The predicted octanol–water partition coefficient (Wildman–Crippen LogP) is -0.0183. The molecule has 1 aromatic heterocycles. The summed E-state index contributed by atoms with van der Waals surface area (Å²) >= 11 is 5.82. The molecule has 0 saturated carbocycles. The van der Waals surface area contributed by atoms with Crippen LogP contribution in [-0.2, 0) is 9.59 Å². The molecule has 0 radical (unpaired) electrons. The van der Waals surface area contributed by atoms with Gasteiger partial charge >= 0.3 is 6.03 Å². The van der Waals surface area contributed by atoms with Crippen LogP contribution in [0.1, 0.15) is 6.42 Å². The van der Waals surface area contributed by atoms with Crippen molar-refractivity contribution in [1.29, 1.82) is 0 Å². The van der Waals surface area contributed by atoms with Crippen molar-refractivity contribution in [2.24, 2.45) is 0 Å². The van der Waals surface area contributed by atoms with Crippen LogP contribution in [0, 0.1) is 0 Å². The topological polar surface area (TPSA) is 94.6 Å². The molecule has 0 bridgehead atoms. The maximum atomic E-state index is 12.2. The number of aromatic nitrogens is 1. The first-order valence-electron chi connectivity index (χ1n) is 7.28. The summed E-state index contributed by atoms with van der Waals surface area (Å²) < 4.78 is 0. The number of hydrogen-bond acceptors (Lipinski definition) is 5. The van der Waals surface area contributed by atoms with Crippen molar-refractivity contribution in [2.45, 2.75) is 12.5 Å². The minimum absolute atomic E-state index is 0.0171. The SMILES string of the molecule is O=C1NC(=O)C(CC(=O)N2CCN(c3ccc(Cl)cn3)CC2)N1. The van der Waals surface area contributed by atoms with Crippen molar-refractivity contribution in [3.05, 3.63) is 23.4 Å². The van der Waals surface area contributed by atoms with Gasteiger partial charge in [0, 0.05) is 32.4 Å². The Morgan fingerprint density at radius 1 is 1.26 bits per heavy atom. The fourth-order valence-electron chi connectivity index (χ4n) is 2.65. The highest BCUT2D eigenvalue weighted by molar-refractivity contribution is 6.30. The van der Waals surface area contributed by atoms with Gasteiger partial charge in [0.15, 0.2) is 0 Å². The number of anilines is 1. The Labute approximate surface area is 137 Å². The molecule has 3 heterocycles. The number of urea groups is 1. The molecule has 1 unspecified atom stereocenters. The maximum absolute atomic E-state index is 12.2. The van der Waals surface area contributed by atoms with Crippen LogP contribution in [-0.4, -0.2) is 60.0 Å². The quantitative estimate of drug-likeness (QED) is 0.756. The second-order valence-electron chi connectivity index (χ2n) is 5.42. The smallest absolute Gasteiger partial charge is 0.322 e. The maximum Gasteiger partial charge on any atom is 0.322 e. The lowest BCUT2D eigenvalue weighted by Crippen LogP contribution is -2.50. The van der Waals surface area contributed by atoms with Gasteiger partial charge in [0.05, 0.1) is 11.4 Å². The third kappa shape index (κ3) is 3.53. The summed E-state index contributed by atoms with van der Waals surface area (Å²) in [5, 5.41) is 5.14. The minimum atomic E-state index is -0.772. The number of halogens is 1. The third-order valence-corrected chi connectivity index (χ3v) is 4.13. The third-order valence-electron chi connectivity index (χ3n) is 3.91. The van der Waals surface area contributed by atoms with Crippen LogP contribution in [0.25, 0.3) is 0 Å². The summed E-state index contributed by atoms with van der Waals surface area (Å²) in [6.07, 6.45) is 1.58. The lowest BCUT2D eigenvalue weighted by Gasteiger charge is -2.35. The van der Waals surface area contributed by atoms with Crippen molar-refractivity contribution < 1.29 is 14.4 Å². The molecule has 0 aromatic carbocycles. The van der Waals surface area contributed by atoms with Gasteiger partial charge in [0.2, 0.25) is 5.91 Å². The van der Waals surface area contributed by atoms with Crippen molar-refractivity contribution in [3.63, 3.8) is 0 Å². The molecule has 2 aliphatic heterocycles. The summed E-state index contributed by atoms with van der Waals surface area (Å²) in [7, 11) is 0. The predicted molar refractivity (Wildman–Crippen MR) is 83.1 cm³/mol. The van der Waals surface area contributed by atoms with E-state index < -0.39 is 18.0 Å². The highest BCUT2D eigenvalue weighted by Gasteiger charge is 2.33. The van der Waals surface area contributed by atoms with Gasteiger partial charge in [-0.2, -0.15) is 0 Å². The summed E-state index contributed by atoms with van der Waals surface area (Å²) in [5.41, 5.74) is 0. The van der Waals surface area contributed by atoms with Gasteiger partial charge in [-0.25, -0.2) is 9.78 Å². The van der Waals surface area contributed by atoms with E-state index in [1.807, 2.05) is 6.07 Å². The first-order valence-corrected chi connectivity index (χ1v) is 7.66. The Balaban J connectivity index is 1.52. The van der Waals surface area contributed by atoms with Crippen LogP contribution in [0.2, 0.25) is 5.02 Å². The van der Waals surface area contributed by atoms with Crippen LogP contribution < -0.4 is 15.5 Å². The van der Waals surface area contributed by atoms with Crippen LogP contribution in [0.4, 0.5) is 10.6 Å². The van der Waals surface area contributed by atoms with E-state index in [1.165, 1.54) is 0 Å². The average Bonchev–Trinajstić information content (AvgIpc) is 2.86. The summed E-state index contributed by atoms with van der Waals surface area (Å²) in [5.74, 6) is 0.229. The highest BCUT2D eigenvalue weighted by Crippen LogP contribution is 2.16. The molecule has 23 heavy (non-hydrogen) atoms. The zero-order valence-corrected chi connectivity index (χ0v) is 13.0. The molecule has 2 aliphatic rings. The summed E-state index contributed by atoms with van der Waals surface area (Å²) in [6.45, 7) is 2.41. The van der Waals surface area contributed by atoms with E-state index in [-0.39, 0.29) is 12.3 Å². The second kappa shape index (κ2) is 6.41. The van der Waals surface area contributed by atoms with Crippen molar-refractivity contribution in [2.75, 3.05) is 31.1 Å². The Morgan fingerprint density at radius 3 is 2.57 bits per heavy atom. The number of amides is 4. The molecule has 1 atom stereocenters. The zero-order valence-electron chi connectivity index (χ0n) is 12.3. The molecule has 3 rings (SSSR count). The van der Waals surface area contributed by atoms with E-state index in [0.717, 1.165) is 5.82 Å². The largest absolute Gasteiger partial charge is 0.353 e. The number of imide groups is 1. The Hall–Kier alpha value is -2.35. The number of carbonyl (C=O) groups excluding carboxylic acids is 3. The van der Waals surface area contributed by atoms with Gasteiger partial charge in [-0.1, -0.05) is 11.6 Å². The number of nitrogens with one attached hydrogen (secondary N) is 2. The lowest BCUT2D eigenvalue weighted by molar-refractivity contribution is -0.134. The van der Waals surface area contributed by atoms with Crippen LogP contribution in [0.15, 0.2) is 18.3 Å². The molecule has 1 aromatic rings. The lowest BCUT2D eigenvalue weighted by atomic mass is 10.1. The molecule has 2 N–H and O–H groups in total. The fraction of sp³-hybridized carbons (Fsp3) is 0.429. The average molecular weight is 338 g/mol. The Morgan fingerprint density at radius 2 is 2.00 bits per heavy atom. The number of carbonyl (C=O) groups is 3. The minimum Gasteiger partial charge on any atom is -0.353 e. The van der Waals surface area contributed by atoms with E-state index >= 15 is 0 Å².